The number of anilines is 1. The summed E-state index contributed by atoms with van der Waals surface area (Å²) in [5.74, 6) is 6.20. The fraction of sp³-hybridized carbons (Fsp3) is 0.308. The van der Waals surface area contributed by atoms with Crippen molar-refractivity contribution >= 4 is 11.6 Å². The van der Waals surface area contributed by atoms with E-state index in [1.807, 2.05) is 19.2 Å². The van der Waals surface area contributed by atoms with Gasteiger partial charge in [0.2, 0.25) is 5.91 Å². The molecule has 0 aliphatic carbocycles. The van der Waals surface area contributed by atoms with E-state index in [9.17, 15) is 4.79 Å². The number of carbonyl (C=O) groups is 1. The van der Waals surface area contributed by atoms with Gasteiger partial charge in [0.15, 0.2) is 0 Å². The molecular formula is C13H14N2O. The number of carbonyl (C=O) groups excluding carboxylic acids is 1. The second-order valence-corrected chi connectivity index (χ2v) is 3.75. The molecule has 0 atom stereocenters. The number of nitrogens with one attached hydrogen (secondary N) is 2. The molecule has 82 valence electrons. The smallest absolute Gasteiger partial charge is 0.224 e. The highest BCUT2D eigenvalue weighted by Crippen LogP contribution is 2.23. The Morgan fingerprint density at radius 1 is 1.44 bits per heavy atom. The van der Waals surface area contributed by atoms with Crippen LogP contribution in [0.2, 0.25) is 0 Å². The van der Waals surface area contributed by atoms with Gasteiger partial charge in [-0.3, -0.25) is 4.79 Å². The van der Waals surface area contributed by atoms with Gasteiger partial charge in [-0.05, 0) is 37.2 Å². The summed E-state index contributed by atoms with van der Waals surface area (Å²) in [5.41, 5.74) is 3.11. The first-order valence-corrected chi connectivity index (χ1v) is 5.36. The van der Waals surface area contributed by atoms with Crippen molar-refractivity contribution in [1.29, 1.82) is 0 Å². The molecule has 1 aliphatic rings. The van der Waals surface area contributed by atoms with Crippen LogP contribution in [0.1, 0.15) is 17.5 Å². The van der Waals surface area contributed by atoms with Gasteiger partial charge in [0, 0.05) is 17.7 Å². The van der Waals surface area contributed by atoms with Crippen LogP contribution in [0.3, 0.4) is 0 Å². The minimum Gasteiger partial charge on any atom is -0.326 e. The molecule has 16 heavy (non-hydrogen) atoms. The van der Waals surface area contributed by atoms with Gasteiger partial charge in [-0.15, -0.1) is 0 Å². The Morgan fingerprint density at radius 2 is 2.31 bits per heavy atom. The number of fused-ring (bicyclic) bond motifs is 1. The molecule has 0 spiro atoms. The summed E-state index contributed by atoms with van der Waals surface area (Å²) in [6.07, 6.45) is 1.38. The van der Waals surface area contributed by atoms with E-state index in [0.717, 1.165) is 17.7 Å². The van der Waals surface area contributed by atoms with Crippen LogP contribution >= 0.6 is 0 Å². The molecule has 1 aromatic rings. The van der Waals surface area contributed by atoms with E-state index in [0.29, 0.717) is 13.0 Å². The highest BCUT2D eigenvalue weighted by Gasteiger charge is 2.13. The predicted molar refractivity (Wildman–Crippen MR) is 64.2 cm³/mol. The van der Waals surface area contributed by atoms with Crippen LogP contribution in [0.4, 0.5) is 5.69 Å². The Hall–Kier alpha value is -1.79. The molecule has 1 amide bonds. The highest BCUT2D eigenvalue weighted by molar-refractivity contribution is 5.93. The van der Waals surface area contributed by atoms with Crippen molar-refractivity contribution in [3.63, 3.8) is 0 Å². The molecule has 0 aromatic heterocycles. The second kappa shape index (κ2) is 4.82. The molecule has 3 nitrogen and oxygen atoms in total. The largest absolute Gasteiger partial charge is 0.326 e. The Bertz CT molecular complexity index is 469. The summed E-state index contributed by atoms with van der Waals surface area (Å²) in [4.78, 5) is 11.2. The summed E-state index contributed by atoms with van der Waals surface area (Å²) in [6.45, 7) is 0.688. The molecule has 0 bridgehead atoms. The van der Waals surface area contributed by atoms with Crippen molar-refractivity contribution < 1.29 is 4.79 Å². The average Bonchev–Trinajstić information content (AvgIpc) is 2.29. The zero-order valence-corrected chi connectivity index (χ0v) is 9.26. The Kier molecular flexibility index (Phi) is 3.23. The summed E-state index contributed by atoms with van der Waals surface area (Å²) < 4.78 is 0. The summed E-state index contributed by atoms with van der Waals surface area (Å²) in [7, 11) is 1.87. The van der Waals surface area contributed by atoms with E-state index in [4.69, 9.17) is 0 Å². The minimum atomic E-state index is 0.0986. The number of rotatable bonds is 1. The van der Waals surface area contributed by atoms with E-state index in [-0.39, 0.29) is 5.91 Å². The quantitative estimate of drug-likeness (QED) is 0.688. The van der Waals surface area contributed by atoms with Gasteiger partial charge in [0.05, 0.1) is 6.54 Å². The second-order valence-electron chi connectivity index (χ2n) is 3.75. The normalized spacial score (nSPS) is 13.4. The van der Waals surface area contributed by atoms with Crippen molar-refractivity contribution in [2.45, 2.75) is 12.8 Å². The van der Waals surface area contributed by atoms with E-state index in [2.05, 4.69) is 28.5 Å². The highest BCUT2D eigenvalue weighted by atomic mass is 16.1. The first-order chi connectivity index (χ1) is 7.79. The maximum absolute atomic E-state index is 11.2. The zero-order chi connectivity index (χ0) is 11.4. The summed E-state index contributed by atoms with van der Waals surface area (Å²) in [6, 6.07) is 5.92. The van der Waals surface area contributed by atoms with Gasteiger partial charge in [0.1, 0.15) is 0 Å². The Balaban J connectivity index is 2.20. The van der Waals surface area contributed by atoms with Gasteiger partial charge in [0.25, 0.3) is 0 Å². The lowest BCUT2D eigenvalue weighted by Crippen LogP contribution is -2.18. The van der Waals surface area contributed by atoms with E-state index in [1.165, 1.54) is 5.56 Å². The topological polar surface area (TPSA) is 41.1 Å². The monoisotopic (exact) mass is 214 g/mol. The van der Waals surface area contributed by atoms with Crippen molar-refractivity contribution in [2.24, 2.45) is 0 Å². The SMILES string of the molecule is CNCC#Cc1ccc2c(c1)CCC(=O)N2. The number of hydrogen-bond donors (Lipinski definition) is 2. The molecule has 3 heteroatoms. The van der Waals surface area contributed by atoms with Gasteiger partial charge in [-0.25, -0.2) is 0 Å². The molecule has 0 unspecified atom stereocenters. The Morgan fingerprint density at radius 3 is 3.12 bits per heavy atom. The summed E-state index contributed by atoms with van der Waals surface area (Å²) >= 11 is 0. The average molecular weight is 214 g/mol. The van der Waals surface area contributed by atoms with Crippen LogP contribution < -0.4 is 10.6 Å². The maximum atomic E-state index is 11.2. The lowest BCUT2D eigenvalue weighted by atomic mass is 10.0. The zero-order valence-electron chi connectivity index (χ0n) is 9.26. The fourth-order valence-corrected chi connectivity index (χ4v) is 1.70. The standard InChI is InChI=1S/C13H14N2O/c1-14-8-2-3-10-4-6-12-11(9-10)5-7-13(16)15-12/h4,6,9,14H,5,7-8H2,1H3,(H,15,16). The van der Waals surface area contributed by atoms with Crippen LogP contribution in [0.5, 0.6) is 0 Å². The minimum absolute atomic E-state index is 0.0986. The molecule has 0 radical (unpaired) electrons. The number of amides is 1. The van der Waals surface area contributed by atoms with E-state index >= 15 is 0 Å². The molecular weight excluding hydrogens is 200 g/mol. The van der Waals surface area contributed by atoms with Crippen molar-refractivity contribution in [3.8, 4) is 11.8 Å². The molecule has 1 aliphatic heterocycles. The van der Waals surface area contributed by atoms with Gasteiger partial charge in [-0.1, -0.05) is 11.8 Å². The third kappa shape index (κ3) is 2.41. The molecule has 0 saturated heterocycles. The van der Waals surface area contributed by atoms with Gasteiger partial charge in [-0.2, -0.15) is 0 Å². The van der Waals surface area contributed by atoms with Crippen molar-refractivity contribution in [1.82, 2.24) is 5.32 Å². The van der Waals surface area contributed by atoms with Crippen LogP contribution in [0.15, 0.2) is 18.2 Å². The molecule has 1 heterocycles. The summed E-state index contributed by atoms with van der Waals surface area (Å²) in [5, 5.41) is 5.83. The van der Waals surface area contributed by atoms with E-state index in [1.54, 1.807) is 0 Å². The molecule has 2 N–H and O–H groups in total. The molecule has 1 aromatic carbocycles. The molecule has 0 saturated carbocycles. The van der Waals surface area contributed by atoms with Crippen LogP contribution in [-0.4, -0.2) is 19.5 Å². The fourth-order valence-electron chi connectivity index (χ4n) is 1.70. The van der Waals surface area contributed by atoms with Crippen LogP contribution in [0, 0.1) is 11.8 Å². The van der Waals surface area contributed by atoms with Gasteiger partial charge >= 0.3 is 0 Å². The number of hydrogen-bond acceptors (Lipinski definition) is 2. The Labute approximate surface area is 95.2 Å². The third-order valence-electron chi connectivity index (χ3n) is 2.50. The van der Waals surface area contributed by atoms with Crippen molar-refractivity contribution in [3.05, 3.63) is 29.3 Å². The van der Waals surface area contributed by atoms with Crippen LogP contribution in [0.25, 0.3) is 0 Å². The molecule has 2 rings (SSSR count). The van der Waals surface area contributed by atoms with Gasteiger partial charge < -0.3 is 10.6 Å². The first kappa shape index (κ1) is 10.7. The van der Waals surface area contributed by atoms with Crippen molar-refractivity contribution in [2.75, 3.05) is 18.9 Å². The predicted octanol–water partition coefficient (Wildman–Crippen LogP) is 1.14. The van der Waals surface area contributed by atoms with E-state index < -0.39 is 0 Å². The first-order valence-electron chi connectivity index (χ1n) is 5.36. The lowest BCUT2D eigenvalue weighted by Gasteiger charge is -2.16. The maximum Gasteiger partial charge on any atom is 0.224 e. The number of aryl methyl sites for hydroxylation is 1. The van der Waals surface area contributed by atoms with Crippen LogP contribution in [-0.2, 0) is 11.2 Å². The third-order valence-corrected chi connectivity index (χ3v) is 2.50. The molecule has 0 fully saturated rings. The number of benzene rings is 1. The lowest BCUT2D eigenvalue weighted by molar-refractivity contribution is -0.116.